The fraction of sp³-hybridized carbons (Fsp3) is 0.455. The van der Waals surface area contributed by atoms with Crippen molar-refractivity contribution in [3.05, 3.63) is 29.6 Å². The highest BCUT2D eigenvalue weighted by atomic mass is 16.1. The molecule has 0 fully saturated rings. The van der Waals surface area contributed by atoms with E-state index in [1.54, 1.807) is 6.20 Å². The fourth-order valence-electron chi connectivity index (χ4n) is 2.03. The van der Waals surface area contributed by atoms with Gasteiger partial charge in [-0.05, 0) is 30.9 Å². The summed E-state index contributed by atoms with van der Waals surface area (Å²) in [5, 5.41) is 3.14. The largest absolute Gasteiger partial charge is 0.369 e. The molecule has 0 spiro atoms. The quantitative estimate of drug-likeness (QED) is 0.756. The van der Waals surface area contributed by atoms with Crippen LogP contribution in [0, 0.1) is 0 Å². The monoisotopic (exact) mass is 205 g/mol. The highest BCUT2D eigenvalue weighted by Gasteiger charge is 2.20. The first-order chi connectivity index (χ1) is 7.27. The molecular weight excluding hydrogens is 190 g/mol. The molecule has 0 saturated carbocycles. The maximum absolute atomic E-state index is 10.7. The molecular formula is C11H15N3O. The van der Waals surface area contributed by atoms with Crippen molar-refractivity contribution in [2.45, 2.75) is 25.3 Å². The molecule has 1 aliphatic rings. The molecule has 80 valence electrons. The number of hydrogen-bond acceptors (Lipinski definition) is 3. The first-order valence-corrected chi connectivity index (χ1v) is 5.23. The van der Waals surface area contributed by atoms with Crippen molar-refractivity contribution in [1.82, 2.24) is 10.3 Å². The topological polar surface area (TPSA) is 68.0 Å². The second-order valence-corrected chi connectivity index (χ2v) is 3.84. The van der Waals surface area contributed by atoms with Gasteiger partial charge >= 0.3 is 0 Å². The average molecular weight is 205 g/mol. The molecule has 1 aromatic heterocycles. The molecule has 1 amide bonds. The van der Waals surface area contributed by atoms with Crippen molar-refractivity contribution in [3.63, 3.8) is 0 Å². The number of carbonyl (C=O) groups is 1. The summed E-state index contributed by atoms with van der Waals surface area (Å²) in [6.07, 6.45) is 5.04. The number of hydrogen-bond donors (Lipinski definition) is 2. The predicted octanol–water partition coefficient (Wildman–Crippen LogP) is 0.534. The van der Waals surface area contributed by atoms with Gasteiger partial charge in [0.15, 0.2) is 0 Å². The molecule has 1 aromatic rings. The number of nitrogens with zero attached hydrogens (tertiary/aromatic N) is 1. The van der Waals surface area contributed by atoms with E-state index in [9.17, 15) is 4.79 Å². The molecule has 0 radical (unpaired) electrons. The van der Waals surface area contributed by atoms with E-state index in [1.807, 2.05) is 6.07 Å². The lowest BCUT2D eigenvalue weighted by molar-refractivity contribution is -0.117. The van der Waals surface area contributed by atoms with Crippen LogP contribution in [0.4, 0.5) is 0 Å². The molecule has 0 saturated heterocycles. The van der Waals surface area contributed by atoms with Crippen LogP contribution in [0.5, 0.6) is 0 Å². The zero-order valence-corrected chi connectivity index (χ0v) is 8.57. The van der Waals surface area contributed by atoms with Crippen LogP contribution in [0.15, 0.2) is 18.3 Å². The smallest absolute Gasteiger partial charge is 0.231 e. The van der Waals surface area contributed by atoms with Crippen LogP contribution in [0.2, 0.25) is 0 Å². The van der Waals surface area contributed by atoms with Gasteiger partial charge in [0.1, 0.15) is 0 Å². The number of primary amides is 1. The molecule has 0 aliphatic heterocycles. The number of fused-ring (bicyclic) bond motifs is 1. The normalized spacial score (nSPS) is 19.6. The van der Waals surface area contributed by atoms with Gasteiger partial charge in [-0.1, -0.05) is 6.07 Å². The molecule has 15 heavy (non-hydrogen) atoms. The van der Waals surface area contributed by atoms with E-state index >= 15 is 0 Å². The third-order valence-corrected chi connectivity index (χ3v) is 2.72. The minimum Gasteiger partial charge on any atom is -0.369 e. The number of aromatic nitrogens is 1. The van der Waals surface area contributed by atoms with Gasteiger partial charge in [-0.3, -0.25) is 9.78 Å². The van der Waals surface area contributed by atoms with Gasteiger partial charge < -0.3 is 11.1 Å². The third-order valence-electron chi connectivity index (χ3n) is 2.72. The van der Waals surface area contributed by atoms with Crippen LogP contribution in [-0.4, -0.2) is 17.4 Å². The summed E-state index contributed by atoms with van der Waals surface area (Å²) in [5.74, 6) is -0.321. The second kappa shape index (κ2) is 4.40. The molecule has 0 aromatic carbocycles. The Labute approximate surface area is 88.9 Å². The minimum atomic E-state index is -0.321. The molecule has 1 unspecified atom stereocenters. The van der Waals surface area contributed by atoms with Crippen molar-refractivity contribution in [3.8, 4) is 0 Å². The van der Waals surface area contributed by atoms with Crippen molar-refractivity contribution in [1.29, 1.82) is 0 Å². The third kappa shape index (κ3) is 2.33. The van der Waals surface area contributed by atoms with E-state index in [0.717, 1.165) is 25.0 Å². The van der Waals surface area contributed by atoms with E-state index in [1.165, 1.54) is 5.56 Å². The Morgan fingerprint density at radius 2 is 2.53 bits per heavy atom. The number of nitrogens with one attached hydrogen (secondary N) is 1. The first-order valence-electron chi connectivity index (χ1n) is 5.23. The Hall–Kier alpha value is -1.42. The maximum Gasteiger partial charge on any atom is 0.231 e. The van der Waals surface area contributed by atoms with Gasteiger partial charge in [0.25, 0.3) is 0 Å². The number of nitrogens with two attached hydrogens (primary N) is 1. The number of pyridine rings is 1. The van der Waals surface area contributed by atoms with Crippen LogP contribution < -0.4 is 11.1 Å². The Bertz CT molecular complexity index is 365. The molecule has 1 atom stereocenters. The van der Waals surface area contributed by atoms with Crippen molar-refractivity contribution in [2.24, 2.45) is 5.73 Å². The van der Waals surface area contributed by atoms with Crippen molar-refractivity contribution >= 4 is 5.91 Å². The molecule has 3 N–H and O–H groups in total. The van der Waals surface area contributed by atoms with Gasteiger partial charge in [0.2, 0.25) is 5.91 Å². The van der Waals surface area contributed by atoms with Crippen LogP contribution in [0.3, 0.4) is 0 Å². The van der Waals surface area contributed by atoms with Crippen molar-refractivity contribution < 1.29 is 4.79 Å². The molecule has 2 rings (SSSR count). The Kier molecular flexibility index (Phi) is 2.97. The highest BCUT2D eigenvalue weighted by molar-refractivity contribution is 5.75. The molecule has 1 aliphatic carbocycles. The van der Waals surface area contributed by atoms with E-state index in [4.69, 9.17) is 5.73 Å². The maximum atomic E-state index is 10.7. The Morgan fingerprint density at radius 3 is 3.33 bits per heavy atom. The molecule has 0 bridgehead atoms. The summed E-state index contributed by atoms with van der Waals surface area (Å²) in [7, 11) is 0. The molecule has 4 heteroatoms. The van der Waals surface area contributed by atoms with Gasteiger partial charge in [-0.2, -0.15) is 0 Å². The summed E-state index contributed by atoms with van der Waals surface area (Å²) in [5.41, 5.74) is 7.46. The summed E-state index contributed by atoms with van der Waals surface area (Å²) >= 11 is 0. The first kappa shape index (κ1) is 10.1. The van der Waals surface area contributed by atoms with Crippen LogP contribution in [-0.2, 0) is 11.2 Å². The number of amides is 1. The van der Waals surface area contributed by atoms with Crippen LogP contribution in [0.1, 0.15) is 30.1 Å². The highest BCUT2D eigenvalue weighted by Crippen LogP contribution is 2.27. The summed E-state index contributed by atoms with van der Waals surface area (Å²) < 4.78 is 0. The zero-order chi connectivity index (χ0) is 10.7. The number of aryl methyl sites for hydroxylation is 1. The molecule has 1 heterocycles. The summed E-state index contributed by atoms with van der Waals surface area (Å²) in [6, 6.07) is 4.23. The number of rotatable bonds is 3. The summed E-state index contributed by atoms with van der Waals surface area (Å²) in [4.78, 5) is 15.1. The SMILES string of the molecule is NC(=O)CNC1CCCc2cccnc21. The van der Waals surface area contributed by atoms with Gasteiger partial charge in [-0.25, -0.2) is 0 Å². The van der Waals surface area contributed by atoms with E-state index in [-0.39, 0.29) is 18.5 Å². The van der Waals surface area contributed by atoms with Gasteiger partial charge in [-0.15, -0.1) is 0 Å². The zero-order valence-electron chi connectivity index (χ0n) is 8.57. The van der Waals surface area contributed by atoms with E-state index in [2.05, 4.69) is 16.4 Å². The van der Waals surface area contributed by atoms with Gasteiger partial charge in [0, 0.05) is 6.20 Å². The molecule has 4 nitrogen and oxygen atoms in total. The van der Waals surface area contributed by atoms with E-state index < -0.39 is 0 Å². The lowest BCUT2D eigenvalue weighted by Gasteiger charge is -2.24. The minimum absolute atomic E-state index is 0.183. The van der Waals surface area contributed by atoms with E-state index in [0.29, 0.717) is 0 Å². The summed E-state index contributed by atoms with van der Waals surface area (Å²) in [6.45, 7) is 0.223. The second-order valence-electron chi connectivity index (χ2n) is 3.84. The van der Waals surface area contributed by atoms with Crippen LogP contribution >= 0.6 is 0 Å². The number of carbonyl (C=O) groups excluding carboxylic acids is 1. The lowest BCUT2D eigenvalue weighted by Crippen LogP contribution is -2.33. The Balaban J connectivity index is 2.11. The standard InChI is InChI=1S/C11H15N3O/c12-10(15)7-14-9-5-1-3-8-4-2-6-13-11(8)9/h2,4,6,9,14H,1,3,5,7H2,(H2,12,15). The van der Waals surface area contributed by atoms with Gasteiger partial charge in [0.05, 0.1) is 18.3 Å². The average Bonchev–Trinajstić information content (AvgIpc) is 2.26. The predicted molar refractivity (Wildman–Crippen MR) is 57.1 cm³/mol. The van der Waals surface area contributed by atoms with Crippen molar-refractivity contribution in [2.75, 3.05) is 6.54 Å². The Morgan fingerprint density at radius 1 is 1.67 bits per heavy atom. The lowest BCUT2D eigenvalue weighted by atomic mass is 9.92. The van der Waals surface area contributed by atoms with Crippen LogP contribution in [0.25, 0.3) is 0 Å². The fourth-order valence-corrected chi connectivity index (χ4v) is 2.03.